The van der Waals surface area contributed by atoms with E-state index in [2.05, 4.69) is 5.32 Å². The van der Waals surface area contributed by atoms with E-state index in [1.54, 1.807) is 12.1 Å². The molecule has 1 aliphatic heterocycles. The van der Waals surface area contributed by atoms with Crippen molar-refractivity contribution in [1.82, 2.24) is 10.2 Å². The van der Waals surface area contributed by atoms with E-state index in [0.29, 0.717) is 6.07 Å². The van der Waals surface area contributed by atoms with Crippen molar-refractivity contribution >= 4 is 35.3 Å². The number of esters is 1. The van der Waals surface area contributed by atoms with Crippen LogP contribution in [-0.4, -0.2) is 53.7 Å². The number of halogens is 3. The molecule has 0 aromatic heterocycles. The number of rotatable bonds is 8. The van der Waals surface area contributed by atoms with Crippen LogP contribution in [0.2, 0.25) is 0 Å². The minimum atomic E-state index is -1.76. The molecule has 0 saturated heterocycles. The lowest BCUT2D eigenvalue weighted by Gasteiger charge is -2.16. The Labute approximate surface area is 190 Å². The van der Waals surface area contributed by atoms with E-state index in [0.717, 1.165) is 11.0 Å². The van der Waals surface area contributed by atoms with Crippen LogP contribution in [0, 0.1) is 17.5 Å². The molecule has 0 aliphatic carbocycles. The summed E-state index contributed by atoms with van der Waals surface area (Å²) in [7, 11) is 0. The first-order chi connectivity index (χ1) is 16.1. The molecule has 0 spiro atoms. The molecule has 2 N–H and O–H groups in total. The Kier molecular flexibility index (Phi) is 7.29. The predicted octanol–water partition coefficient (Wildman–Crippen LogP) is 1.78. The summed E-state index contributed by atoms with van der Waals surface area (Å²) in [6, 6.07) is 7.64. The summed E-state index contributed by atoms with van der Waals surface area (Å²) in [5.41, 5.74) is -0.156. The van der Waals surface area contributed by atoms with Gasteiger partial charge in [-0.3, -0.25) is 28.9 Å². The minimum Gasteiger partial charge on any atom is -0.452 e. The van der Waals surface area contributed by atoms with E-state index < -0.39 is 65.4 Å². The Hall–Kier alpha value is -4.22. The highest BCUT2D eigenvalue weighted by Gasteiger charge is 2.35. The number of carbonyl (C=O) groups excluding carboxylic acids is 5. The Balaban J connectivity index is 1.43. The van der Waals surface area contributed by atoms with E-state index in [4.69, 9.17) is 4.74 Å². The average Bonchev–Trinajstić information content (AvgIpc) is 3.06. The normalized spacial score (nSPS) is 13.4. The fraction of sp³-hybridized carbons (Fsp3) is 0.227. The van der Waals surface area contributed by atoms with Crippen LogP contribution in [-0.2, 0) is 19.1 Å². The second kappa shape index (κ2) is 10.1. The second-order valence-corrected chi connectivity index (χ2v) is 7.18. The number of benzene rings is 2. The van der Waals surface area contributed by atoms with Crippen molar-refractivity contribution in [3.05, 3.63) is 65.0 Å². The number of fused-ring (bicyclic) bond motifs is 1. The standard InChI is InChI=1S/C22H18F3N3O6/c1-11(20(31)26-10-16(29)27-15-7-6-14(23)18(24)19(15)25)34-17(30)8-9-28-21(32)12-4-2-3-5-13(12)22(28)33/h2-7,11H,8-10H2,1H3,(H,26,31)(H,27,29). The van der Waals surface area contributed by atoms with Crippen LogP contribution < -0.4 is 10.6 Å². The van der Waals surface area contributed by atoms with Gasteiger partial charge in [-0.1, -0.05) is 12.1 Å². The third-order valence-corrected chi connectivity index (χ3v) is 4.83. The van der Waals surface area contributed by atoms with Gasteiger partial charge in [0.25, 0.3) is 17.7 Å². The Morgan fingerprint density at radius 2 is 1.59 bits per heavy atom. The van der Waals surface area contributed by atoms with Gasteiger partial charge in [-0.15, -0.1) is 0 Å². The van der Waals surface area contributed by atoms with E-state index >= 15 is 0 Å². The molecule has 4 amide bonds. The lowest BCUT2D eigenvalue weighted by Crippen LogP contribution is -2.40. The summed E-state index contributed by atoms with van der Waals surface area (Å²) < 4.78 is 44.6. The molecule has 0 bridgehead atoms. The van der Waals surface area contributed by atoms with Crippen molar-refractivity contribution in [2.75, 3.05) is 18.4 Å². The number of hydrogen-bond acceptors (Lipinski definition) is 6. The van der Waals surface area contributed by atoms with Gasteiger partial charge in [0.2, 0.25) is 5.91 Å². The largest absolute Gasteiger partial charge is 0.452 e. The summed E-state index contributed by atoms with van der Waals surface area (Å²) in [5.74, 6) is -8.54. The molecule has 0 saturated carbocycles. The Bertz CT molecular complexity index is 1150. The van der Waals surface area contributed by atoms with Gasteiger partial charge in [0.1, 0.15) is 0 Å². The van der Waals surface area contributed by atoms with Crippen LogP contribution in [0.1, 0.15) is 34.1 Å². The number of anilines is 1. The maximum atomic E-state index is 13.6. The van der Waals surface area contributed by atoms with E-state index in [1.165, 1.54) is 19.1 Å². The van der Waals surface area contributed by atoms with E-state index in [-0.39, 0.29) is 24.1 Å². The Morgan fingerprint density at radius 1 is 0.971 bits per heavy atom. The third kappa shape index (κ3) is 5.22. The monoisotopic (exact) mass is 477 g/mol. The van der Waals surface area contributed by atoms with Crippen molar-refractivity contribution in [3.63, 3.8) is 0 Å². The van der Waals surface area contributed by atoms with Crippen LogP contribution in [0.25, 0.3) is 0 Å². The summed E-state index contributed by atoms with van der Waals surface area (Å²) in [6.07, 6.45) is -1.69. The maximum absolute atomic E-state index is 13.6. The molecule has 2 aromatic carbocycles. The third-order valence-electron chi connectivity index (χ3n) is 4.83. The smallest absolute Gasteiger partial charge is 0.308 e. The van der Waals surface area contributed by atoms with E-state index in [1.807, 2.05) is 5.32 Å². The van der Waals surface area contributed by atoms with Crippen LogP contribution >= 0.6 is 0 Å². The quantitative estimate of drug-likeness (QED) is 0.340. The highest BCUT2D eigenvalue weighted by Crippen LogP contribution is 2.22. The van der Waals surface area contributed by atoms with Gasteiger partial charge in [-0.25, -0.2) is 13.2 Å². The zero-order valence-corrected chi connectivity index (χ0v) is 17.7. The van der Waals surface area contributed by atoms with Gasteiger partial charge in [0.05, 0.1) is 29.8 Å². The summed E-state index contributed by atoms with van der Waals surface area (Å²) in [6.45, 7) is 0.304. The molecule has 2 aromatic rings. The first kappa shape index (κ1) is 24.4. The van der Waals surface area contributed by atoms with Crippen LogP contribution in [0.3, 0.4) is 0 Å². The summed E-state index contributed by atoms with van der Waals surface area (Å²) >= 11 is 0. The molecule has 9 nitrogen and oxygen atoms in total. The zero-order valence-electron chi connectivity index (χ0n) is 17.7. The molecule has 178 valence electrons. The van der Waals surface area contributed by atoms with E-state index in [9.17, 15) is 37.1 Å². The van der Waals surface area contributed by atoms with Gasteiger partial charge in [-0.05, 0) is 31.2 Å². The molecule has 1 heterocycles. The minimum absolute atomic E-state index is 0.232. The van der Waals surface area contributed by atoms with Gasteiger partial charge in [-0.2, -0.15) is 0 Å². The predicted molar refractivity (Wildman–Crippen MR) is 110 cm³/mol. The number of nitrogens with one attached hydrogen (secondary N) is 2. The summed E-state index contributed by atoms with van der Waals surface area (Å²) in [4.78, 5) is 61.4. The average molecular weight is 477 g/mol. The number of amides is 4. The molecular formula is C22H18F3N3O6. The van der Waals surface area contributed by atoms with Crippen molar-refractivity contribution in [2.24, 2.45) is 0 Å². The zero-order chi connectivity index (χ0) is 25.0. The molecule has 1 atom stereocenters. The molecule has 1 aliphatic rings. The number of imide groups is 1. The van der Waals surface area contributed by atoms with Crippen LogP contribution in [0.15, 0.2) is 36.4 Å². The van der Waals surface area contributed by atoms with Gasteiger partial charge in [0, 0.05) is 6.54 Å². The number of ether oxygens (including phenoxy) is 1. The first-order valence-electron chi connectivity index (χ1n) is 9.96. The number of carbonyl (C=O) groups is 5. The topological polar surface area (TPSA) is 122 Å². The molecule has 0 radical (unpaired) electrons. The molecule has 1 unspecified atom stereocenters. The molecule has 34 heavy (non-hydrogen) atoms. The van der Waals surface area contributed by atoms with Crippen molar-refractivity contribution in [1.29, 1.82) is 0 Å². The van der Waals surface area contributed by atoms with Gasteiger partial charge >= 0.3 is 5.97 Å². The molecule has 12 heteroatoms. The number of nitrogens with zero attached hydrogens (tertiary/aromatic N) is 1. The fourth-order valence-corrected chi connectivity index (χ4v) is 3.08. The first-order valence-corrected chi connectivity index (χ1v) is 9.96. The Morgan fingerprint density at radius 3 is 2.21 bits per heavy atom. The molecule has 0 fully saturated rings. The van der Waals surface area contributed by atoms with Crippen LogP contribution in [0.4, 0.5) is 18.9 Å². The highest BCUT2D eigenvalue weighted by atomic mass is 19.2. The molecule has 3 rings (SSSR count). The van der Waals surface area contributed by atoms with Crippen LogP contribution in [0.5, 0.6) is 0 Å². The van der Waals surface area contributed by atoms with Crippen molar-refractivity contribution in [2.45, 2.75) is 19.4 Å². The van der Waals surface area contributed by atoms with Gasteiger partial charge < -0.3 is 15.4 Å². The fourth-order valence-electron chi connectivity index (χ4n) is 3.08. The molecular weight excluding hydrogens is 459 g/mol. The lowest BCUT2D eigenvalue weighted by atomic mass is 10.1. The SMILES string of the molecule is CC(OC(=O)CCN1C(=O)c2ccccc2C1=O)C(=O)NCC(=O)Nc1ccc(F)c(F)c1F. The highest BCUT2D eigenvalue weighted by molar-refractivity contribution is 6.21. The maximum Gasteiger partial charge on any atom is 0.308 e. The van der Waals surface area contributed by atoms with Gasteiger partial charge in [0.15, 0.2) is 23.6 Å². The lowest BCUT2D eigenvalue weighted by molar-refractivity contribution is -0.154. The van der Waals surface area contributed by atoms with Crippen molar-refractivity contribution < 1.29 is 41.9 Å². The second-order valence-electron chi connectivity index (χ2n) is 7.18. The number of hydrogen-bond donors (Lipinski definition) is 2. The van der Waals surface area contributed by atoms with Crippen molar-refractivity contribution in [3.8, 4) is 0 Å². The summed E-state index contributed by atoms with van der Waals surface area (Å²) in [5, 5.41) is 4.11.